The third-order valence-corrected chi connectivity index (χ3v) is 4.11. The molecule has 100 valence electrons. The zero-order chi connectivity index (χ0) is 13.5. The highest BCUT2D eigenvalue weighted by Gasteiger charge is 2.13. The zero-order valence-electron chi connectivity index (χ0n) is 10.2. The third kappa shape index (κ3) is 4.66. The molecule has 3 N–H and O–H groups in total. The van der Waals surface area contributed by atoms with Gasteiger partial charge in [-0.25, -0.2) is 0 Å². The van der Waals surface area contributed by atoms with Gasteiger partial charge in [0.1, 0.15) is 5.75 Å². The van der Waals surface area contributed by atoms with Gasteiger partial charge in [-0.1, -0.05) is 24.9 Å². The van der Waals surface area contributed by atoms with Crippen LogP contribution in [0.1, 0.15) is 19.8 Å². The number of halogens is 1. The smallest absolute Gasteiger partial charge is 0.233 e. The molecule has 0 bridgehead atoms. The number of amides is 1. The van der Waals surface area contributed by atoms with Gasteiger partial charge in [0.2, 0.25) is 5.91 Å². The van der Waals surface area contributed by atoms with Crippen LogP contribution in [0.25, 0.3) is 0 Å². The second-order valence-electron chi connectivity index (χ2n) is 3.88. The lowest BCUT2D eigenvalue weighted by Gasteiger charge is -2.06. The maximum absolute atomic E-state index is 11.9. The molecular weight excluding hydrogens is 272 g/mol. The minimum atomic E-state index is -1.44. The Labute approximate surface area is 114 Å². The molecule has 0 fully saturated rings. The highest BCUT2D eigenvalue weighted by molar-refractivity contribution is 7.85. The summed E-state index contributed by atoms with van der Waals surface area (Å²) < 4.78 is 11.9. The summed E-state index contributed by atoms with van der Waals surface area (Å²) in [6, 6.07) is 4.74. The number of rotatable bonds is 6. The Balaban J connectivity index is 2.57. The molecule has 0 aromatic heterocycles. The zero-order valence-corrected chi connectivity index (χ0v) is 11.8. The lowest BCUT2D eigenvalue weighted by molar-refractivity contribution is -0.118. The molecule has 4 nitrogen and oxygen atoms in total. The van der Waals surface area contributed by atoms with E-state index in [1.54, 1.807) is 12.1 Å². The van der Waals surface area contributed by atoms with Crippen LogP contribution in [0, 0.1) is 0 Å². The summed E-state index contributed by atoms with van der Waals surface area (Å²) in [6.07, 6.45) is 1.92. The van der Waals surface area contributed by atoms with Crippen LogP contribution in [-0.4, -0.2) is 22.4 Å². The summed E-state index contributed by atoms with van der Waals surface area (Å²) >= 11 is 5.93. The average molecular weight is 289 g/mol. The monoisotopic (exact) mass is 288 g/mol. The van der Waals surface area contributed by atoms with Crippen molar-refractivity contribution in [1.29, 1.82) is 0 Å². The lowest BCUT2D eigenvalue weighted by atomic mass is 10.3. The fourth-order valence-electron chi connectivity index (χ4n) is 1.35. The van der Waals surface area contributed by atoms with Crippen LogP contribution in [0.3, 0.4) is 0 Å². The summed E-state index contributed by atoms with van der Waals surface area (Å²) in [5.74, 6) is -0.303. The van der Waals surface area contributed by atoms with E-state index in [0.717, 1.165) is 12.8 Å². The van der Waals surface area contributed by atoms with E-state index in [2.05, 4.69) is 5.32 Å². The van der Waals surface area contributed by atoms with Gasteiger partial charge >= 0.3 is 0 Å². The Morgan fingerprint density at radius 2 is 2.22 bits per heavy atom. The number of benzene rings is 1. The first-order valence-corrected chi connectivity index (χ1v) is 7.44. The number of carbonyl (C=O) groups excluding carboxylic acids is 1. The molecule has 1 rings (SSSR count). The number of carbonyl (C=O) groups is 1. The highest BCUT2D eigenvalue weighted by Crippen LogP contribution is 2.22. The summed E-state index contributed by atoms with van der Waals surface area (Å²) in [5, 5.41) is 3.04. The number of nitrogens with one attached hydrogen (secondary N) is 1. The number of nitrogens with two attached hydrogens (primary N) is 1. The van der Waals surface area contributed by atoms with Gasteiger partial charge in [-0.05, 0) is 24.6 Å². The summed E-state index contributed by atoms with van der Waals surface area (Å²) in [5.41, 5.74) is 6.05. The molecular formula is C12H17ClN2O2S. The molecule has 0 aliphatic rings. The van der Waals surface area contributed by atoms with Gasteiger partial charge in [0.05, 0.1) is 20.7 Å². The SMILES string of the molecule is CCCCNC(=O)CS(=O)c1ccc(N)cc1Cl. The van der Waals surface area contributed by atoms with Crippen molar-refractivity contribution in [2.75, 3.05) is 18.0 Å². The second-order valence-corrected chi connectivity index (χ2v) is 5.71. The van der Waals surface area contributed by atoms with Gasteiger partial charge in [-0.3, -0.25) is 9.00 Å². The molecule has 1 unspecified atom stereocenters. The summed E-state index contributed by atoms with van der Waals surface area (Å²) in [6.45, 7) is 2.65. The number of hydrogen-bond donors (Lipinski definition) is 2. The van der Waals surface area contributed by atoms with Gasteiger partial charge in [-0.2, -0.15) is 0 Å². The van der Waals surface area contributed by atoms with Crippen molar-refractivity contribution in [2.24, 2.45) is 0 Å². The van der Waals surface area contributed by atoms with E-state index >= 15 is 0 Å². The van der Waals surface area contributed by atoms with Crippen molar-refractivity contribution in [3.63, 3.8) is 0 Å². The highest BCUT2D eigenvalue weighted by atomic mass is 35.5. The minimum absolute atomic E-state index is 0.0760. The molecule has 1 amide bonds. The van der Waals surface area contributed by atoms with E-state index in [0.29, 0.717) is 22.2 Å². The van der Waals surface area contributed by atoms with Crippen molar-refractivity contribution in [1.82, 2.24) is 5.32 Å². The van der Waals surface area contributed by atoms with Gasteiger partial charge in [0.25, 0.3) is 0 Å². The van der Waals surface area contributed by atoms with Crippen LogP contribution >= 0.6 is 11.6 Å². The molecule has 0 spiro atoms. The minimum Gasteiger partial charge on any atom is -0.399 e. The van der Waals surface area contributed by atoms with Crippen molar-refractivity contribution >= 4 is 34.0 Å². The van der Waals surface area contributed by atoms with Gasteiger partial charge in [-0.15, -0.1) is 0 Å². The quantitative estimate of drug-likeness (QED) is 0.621. The van der Waals surface area contributed by atoms with Crippen LogP contribution in [0.5, 0.6) is 0 Å². The first-order chi connectivity index (χ1) is 8.54. The summed E-state index contributed by atoms with van der Waals surface area (Å²) in [4.78, 5) is 11.9. The van der Waals surface area contributed by atoms with Crippen molar-refractivity contribution < 1.29 is 9.00 Å². The maximum atomic E-state index is 11.9. The average Bonchev–Trinajstić information content (AvgIpc) is 2.28. The first kappa shape index (κ1) is 15.0. The van der Waals surface area contributed by atoms with E-state index in [9.17, 15) is 9.00 Å². The van der Waals surface area contributed by atoms with Crippen LogP contribution in [0.4, 0.5) is 5.69 Å². The topological polar surface area (TPSA) is 72.2 Å². The van der Waals surface area contributed by atoms with Crippen LogP contribution in [0.2, 0.25) is 5.02 Å². The van der Waals surface area contributed by atoms with E-state index in [1.165, 1.54) is 6.07 Å². The van der Waals surface area contributed by atoms with Gasteiger partial charge in [0.15, 0.2) is 0 Å². The molecule has 0 aliphatic heterocycles. The van der Waals surface area contributed by atoms with E-state index < -0.39 is 10.8 Å². The predicted molar refractivity (Wildman–Crippen MR) is 75.1 cm³/mol. The van der Waals surface area contributed by atoms with Gasteiger partial charge < -0.3 is 11.1 Å². The summed E-state index contributed by atoms with van der Waals surface area (Å²) in [7, 11) is -1.44. The molecule has 18 heavy (non-hydrogen) atoms. The van der Waals surface area contributed by atoms with E-state index in [4.69, 9.17) is 17.3 Å². The molecule has 0 aliphatic carbocycles. The van der Waals surface area contributed by atoms with Crippen LogP contribution in [-0.2, 0) is 15.6 Å². The fraction of sp³-hybridized carbons (Fsp3) is 0.417. The molecule has 0 saturated heterocycles. The number of unbranched alkanes of at least 4 members (excludes halogenated alkanes) is 1. The van der Waals surface area contributed by atoms with Crippen LogP contribution in [0.15, 0.2) is 23.1 Å². The molecule has 1 aromatic rings. The van der Waals surface area contributed by atoms with E-state index in [1.807, 2.05) is 6.92 Å². The Bertz CT molecular complexity index is 452. The third-order valence-electron chi connectivity index (χ3n) is 2.32. The molecule has 0 heterocycles. The molecule has 1 aromatic carbocycles. The molecule has 1 atom stereocenters. The largest absolute Gasteiger partial charge is 0.399 e. The van der Waals surface area contributed by atoms with Gasteiger partial charge in [0, 0.05) is 12.2 Å². The maximum Gasteiger partial charge on any atom is 0.233 e. The van der Waals surface area contributed by atoms with Crippen molar-refractivity contribution in [3.8, 4) is 0 Å². The number of anilines is 1. The second kappa shape index (κ2) is 7.38. The Hall–Kier alpha value is -1.07. The first-order valence-electron chi connectivity index (χ1n) is 5.74. The number of nitrogen functional groups attached to an aromatic ring is 1. The van der Waals surface area contributed by atoms with Crippen molar-refractivity contribution in [2.45, 2.75) is 24.7 Å². The number of hydrogen-bond acceptors (Lipinski definition) is 3. The normalized spacial score (nSPS) is 12.1. The van der Waals surface area contributed by atoms with E-state index in [-0.39, 0.29) is 11.7 Å². The lowest BCUT2D eigenvalue weighted by Crippen LogP contribution is -2.29. The Morgan fingerprint density at radius 1 is 1.50 bits per heavy atom. The fourth-order valence-corrected chi connectivity index (χ4v) is 2.79. The predicted octanol–water partition coefficient (Wildman–Crippen LogP) is 1.95. The van der Waals surface area contributed by atoms with Crippen LogP contribution < -0.4 is 11.1 Å². The standard InChI is InChI=1S/C12H17ClN2O2S/c1-2-3-6-15-12(16)8-18(17)11-5-4-9(14)7-10(11)13/h4-5,7H,2-3,6,8,14H2,1H3,(H,15,16). The molecule has 6 heteroatoms. The Kier molecular flexibility index (Phi) is 6.15. The molecule has 0 radical (unpaired) electrons. The van der Waals surface area contributed by atoms with Crippen molar-refractivity contribution in [3.05, 3.63) is 23.2 Å². The molecule has 0 saturated carbocycles. The Morgan fingerprint density at radius 3 is 2.83 bits per heavy atom.